The number of hydrogen-bond acceptors (Lipinski definition) is 8. The maximum Gasteiger partial charge on any atom is 0.312 e. The number of benzene rings is 2. The van der Waals surface area contributed by atoms with Gasteiger partial charge in [-0.1, -0.05) is 18.2 Å². The van der Waals surface area contributed by atoms with Crippen molar-refractivity contribution >= 4 is 38.9 Å². The molecule has 0 fully saturated rings. The highest BCUT2D eigenvalue weighted by atomic mass is 32.2. The van der Waals surface area contributed by atoms with Gasteiger partial charge in [0, 0.05) is 11.1 Å². The van der Waals surface area contributed by atoms with E-state index in [0.717, 1.165) is 5.56 Å². The van der Waals surface area contributed by atoms with E-state index in [2.05, 4.69) is 10.3 Å². The lowest BCUT2D eigenvalue weighted by atomic mass is 10.2. The number of anilines is 1. The molecule has 174 valence electrons. The quantitative estimate of drug-likeness (QED) is 0.441. The molecule has 0 aliphatic carbocycles. The van der Waals surface area contributed by atoms with Crippen LogP contribution in [0.1, 0.15) is 19.5 Å². The zero-order valence-corrected chi connectivity index (χ0v) is 19.6. The number of hydrogen-bond donors (Lipinski definition) is 2. The third kappa shape index (κ3) is 6.60. The van der Waals surface area contributed by atoms with E-state index in [-0.39, 0.29) is 17.0 Å². The Morgan fingerprint density at radius 3 is 2.67 bits per heavy atom. The van der Waals surface area contributed by atoms with Crippen LogP contribution in [-0.4, -0.2) is 38.0 Å². The number of thiazole rings is 1. The van der Waals surface area contributed by atoms with Gasteiger partial charge in [0.1, 0.15) is 10.8 Å². The Kier molecular flexibility index (Phi) is 7.79. The standard InChI is InChI=1S/C22H23N3O6S2/c1-3-30-19-10-5-4-9-18(19)22-25-16(13-32-22)12-20(26)31-14(2)21(27)24-15-7-6-8-17(11-15)33(23,28)29/h4-11,13-14H,3,12H2,1-2H3,(H,24,27)(H2,23,28,29). The van der Waals surface area contributed by atoms with Crippen molar-refractivity contribution in [1.82, 2.24) is 4.98 Å². The van der Waals surface area contributed by atoms with Gasteiger partial charge in [-0.3, -0.25) is 9.59 Å². The number of para-hydroxylation sites is 1. The Hall–Kier alpha value is -3.28. The van der Waals surface area contributed by atoms with E-state index in [1.807, 2.05) is 31.2 Å². The van der Waals surface area contributed by atoms with E-state index in [0.29, 0.717) is 23.1 Å². The fourth-order valence-corrected chi connectivity index (χ4v) is 4.28. The number of amides is 1. The lowest BCUT2D eigenvalue weighted by Crippen LogP contribution is -2.30. The van der Waals surface area contributed by atoms with E-state index < -0.39 is 28.0 Å². The maximum atomic E-state index is 12.4. The monoisotopic (exact) mass is 489 g/mol. The van der Waals surface area contributed by atoms with Crippen molar-refractivity contribution in [2.75, 3.05) is 11.9 Å². The smallest absolute Gasteiger partial charge is 0.312 e. The van der Waals surface area contributed by atoms with Gasteiger partial charge in [-0.2, -0.15) is 0 Å². The van der Waals surface area contributed by atoms with Crippen LogP contribution < -0.4 is 15.2 Å². The summed E-state index contributed by atoms with van der Waals surface area (Å²) in [6.07, 6.45) is -1.21. The predicted molar refractivity (Wildman–Crippen MR) is 124 cm³/mol. The molecule has 1 unspecified atom stereocenters. The number of esters is 1. The molecular weight excluding hydrogens is 466 g/mol. The van der Waals surface area contributed by atoms with Crippen molar-refractivity contribution in [2.45, 2.75) is 31.3 Å². The van der Waals surface area contributed by atoms with Crippen LogP contribution in [0.2, 0.25) is 0 Å². The molecule has 0 aliphatic rings. The molecule has 3 aromatic rings. The van der Waals surface area contributed by atoms with Crippen molar-refractivity contribution in [2.24, 2.45) is 5.14 Å². The summed E-state index contributed by atoms with van der Waals surface area (Å²) in [5.41, 5.74) is 1.56. The topological polar surface area (TPSA) is 138 Å². The van der Waals surface area contributed by atoms with Crippen LogP contribution in [0.4, 0.5) is 5.69 Å². The average molecular weight is 490 g/mol. The molecule has 1 atom stereocenters. The first-order valence-corrected chi connectivity index (χ1v) is 12.4. The molecule has 1 aromatic heterocycles. The van der Waals surface area contributed by atoms with Crippen molar-refractivity contribution in [3.05, 3.63) is 59.6 Å². The van der Waals surface area contributed by atoms with Crippen molar-refractivity contribution in [3.63, 3.8) is 0 Å². The number of primary sulfonamides is 1. The van der Waals surface area contributed by atoms with Gasteiger partial charge in [0.25, 0.3) is 5.91 Å². The second-order valence-electron chi connectivity index (χ2n) is 6.94. The van der Waals surface area contributed by atoms with Gasteiger partial charge in [-0.05, 0) is 44.2 Å². The highest BCUT2D eigenvalue weighted by molar-refractivity contribution is 7.89. The van der Waals surface area contributed by atoms with Gasteiger partial charge < -0.3 is 14.8 Å². The minimum absolute atomic E-state index is 0.105. The van der Waals surface area contributed by atoms with Gasteiger partial charge in [-0.25, -0.2) is 18.5 Å². The zero-order chi connectivity index (χ0) is 24.0. The molecule has 3 N–H and O–H groups in total. The highest BCUT2D eigenvalue weighted by Crippen LogP contribution is 2.32. The summed E-state index contributed by atoms with van der Waals surface area (Å²) in [5, 5.41) is 10.1. The first-order chi connectivity index (χ1) is 15.7. The van der Waals surface area contributed by atoms with E-state index in [1.165, 1.54) is 42.5 Å². The van der Waals surface area contributed by atoms with Gasteiger partial charge in [0.15, 0.2) is 6.10 Å². The van der Waals surface area contributed by atoms with E-state index >= 15 is 0 Å². The number of nitrogens with zero attached hydrogens (tertiary/aromatic N) is 1. The molecule has 0 spiro atoms. The summed E-state index contributed by atoms with van der Waals surface area (Å²) < 4.78 is 33.7. The third-order valence-electron chi connectivity index (χ3n) is 4.40. The lowest BCUT2D eigenvalue weighted by Gasteiger charge is -2.13. The van der Waals surface area contributed by atoms with Crippen LogP contribution >= 0.6 is 11.3 Å². The SMILES string of the molecule is CCOc1ccccc1-c1nc(CC(=O)OC(C)C(=O)Nc2cccc(S(N)(=O)=O)c2)cs1. The summed E-state index contributed by atoms with van der Waals surface area (Å²) >= 11 is 1.38. The zero-order valence-electron chi connectivity index (χ0n) is 18.0. The fourth-order valence-electron chi connectivity index (χ4n) is 2.87. The molecule has 0 radical (unpaired) electrons. The number of ether oxygens (including phenoxy) is 2. The Bertz CT molecular complexity index is 1260. The third-order valence-corrected chi connectivity index (χ3v) is 6.24. The molecule has 0 saturated heterocycles. The molecule has 9 nitrogen and oxygen atoms in total. The van der Waals surface area contributed by atoms with Gasteiger partial charge in [0.05, 0.1) is 29.2 Å². The molecule has 0 aliphatic heterocycles. The molecule has 1 amide bonds. The number of nitrogens with two attached hydrogens (primary N) is 1. The molecule has 11 heteroatoms. The average Bonchev–Trinajstić information content (AvgIpc) is 3.22. The highest BCUT2D eigenvalue weighted by Gasteiger charge is 2.20. The Morgan fingerprint density at radius 1 is 1.18 bits per heavy atom. The molecule has 1 heterocycles. The molecule has 33 heavy (non-hydrogen) atoms. The maximum absolute atomic E-state index is 12.4. The van der Waals surface area contributed by atoms with Crippen LogP contribution in [-0.2, 0) is 30.8 Å². The normalized spacial score (nSPS) is 12.1. The van der Waals surface area contributed by atoms with Crippen molar-refractivity contribution < 1.29 is 27.5 Å². The Labute approximate surface area is 195 Å². The first kappa shape index (κ1) is 24.4. The Morgan fingerprint density at radius 2 is 1.94 bits per heavy atom. The van der Waals surface area contributed by atoms with E-state index in [4.69, 9.17) is 14.6 Å². The van der Waals surface area contributed by atoms with Crippen LogP contribution in [0.5, 0.6) is 5.75 Å². The summed E-state index contributed by atoms with van der Waals surface area (Å²) in [4.78, 5) is 29.0. The number of nitrogens with one attached hydrogen (secondary N) is 1. The minimum atomic E-state index is -3.91. The number of aromatic nitrogens is 1. The number of carbonyl (C=O) groups excluding carboxylic acids is 2. The number of carbonyl (C=O) groups is 2. The molecule has 3 rings (SSSR count). The summed E-state index contributed by atoms with van der Waals surface area (Å²) in [7, 11) is -3.91. The predicted octanol–water partition coefficient (Wildman–Crippen LogP) is 2.97. The first-order valence-electron chi connectivity index (χ1n) is 9.97. The molecule has 0 saturated carbocycles. The molecule has 0 bridgehead atoms. The second-order valence-corrected chi connectivity index (χ2v) is 9.36. The van der Waals surface area contributed by atoms with Gasteiger partial charge in [-0.15, -0.1) is 11.3 Å². The minimum Gasteiger partial charge on any atom is -0.493 e. The fraction of sp³-hybridized carbons (Fsp3) is 0.227. The van der Waals surface area contributed by atoms with Gasteiger partial charge >= 0.3 is 5.97 Å². The second kappa shape index (κ2) is 10.6. The number of sulfonamides is 1. The van der Waals surface area contributed by atoms with Crippen molar-refractivity contribution in [1.29, 1.82) is 0 Å². The van der Waals surface area contributed by atoms with Crippen LogP contribution in [0.15, 0.2) is 58.8 Å². The molecular formula is C22H23N3O6S2. The number of rotatable bonds is 9. The van der Waals surface area contributed by atoms with E-state index in [9.17, 15) is 18.0 Å². The summed E-state index contributed by atoms with van der Waals surface area (Å²) in [6.45, 7) is 3.84. The van der Waals surface area contributed by atoms with Crippen LogP contribution in [0.3, 0.4) is 0 Å². The Balaban J connectivity index is 1.60. The lowest BCUT2D eigenvalue weighted by molar-refractivity contribution is -0.152. The summed E-state index contributed by atoms with van der Waals surface area (Å²) in [5.74, 6) is -0.523. The van der Waals surface area contributed by atoms with Crippen LogP contribution in [0.25, 0.3) is 10.6 Å². The summed E-state index contributed by atoms with van der Waals surface area (Å²) in [6, 6.07) is 13.0. The largest absolute Gasteiger partial charge is 0.493 e. The van der Waals surface area contributed by atoms with Gasteiger partial charge in [0.2, 0.25) is 10.0 Å². The van der Waals surface area contributed by atoms with Crippen LogP contribution in [0, 0.1) is 0 Å². The molecule has 2 aromatic carbocycles. The van der Waals surface area contributed by atoms with E-state index in [1.54, 1.807) is 5.38 Å². The van der Waals surface area contributed by atoms with Crippen molar-refractivity contribution in [3.8, 4) is 16.3 Å².